The van der Waals surface area contributed by atoms with Gasteiger partial charge in [-0.3, -0.25) is 0 Å². The second-order valence-electron chi connectivity index (χ2n) is 5.71. The number of anilines is 1. The zero-order valence-electron chi connectivity index (χ0n) is 11.4. The van der Waals surface area contributed by atoms with Gasteiger partial charge in [0, 0.05) is 17.3 Å². The van der Waals surface area contributed by atoms with E-state index in [-0.39, 0.29) is 10.8 Å². The minimum Gasteiger partial charge on any atom is -0.389 e. The molecule has 104 valence electrons. The molecule has 0 bridgehead atoms. The lowest BCUT2D eigenvalue weighted by Gasteiger charge is -2.33. The molecular weight excluding hydrogens is 259 g/mol. The summed E-state index contributed by atoms with van der Waals surface area (Å²) in [7, 11) is 0. The SMILES string of the molecule is CC1CCC(Nc2ccc(C(N)=S)c(F)c2)C(C)C1. The first-order valence-electron chi connectivity index (χ1n) is 6.83. The van der Waals surface area contributed by atoms with Crippen LogP contribution in [0.3, 0.4) is 0 Å². The van der Waals surface area contributed by atoms with E-state index < -0.39 is 0 Å². The van der Waals surface area contributed by atoms with Crippen LogP contribution in [-0.4, -0.2) is 11.0 Å². The van der Waals surface area contributed by atoms with Crippen LogP contribution in [0, 0.1) is 17.7 Å². The number of hydrogen-bond donors (Lipinski definition) is 2. The highest BCUT2D eigenvalue weighted by molar-refractivity contribution is 7.80. The molecule has 0 spiro atoms. The van der Waals surface area contributed by atoms with Crippen LogP contribution in [0.4, 0.5) is 10.1 Å². The Morgan fingerprint density at radius 1 is 1.37 bits per heavy atom. The Kier molecular flexibility index (Phi) is 4.40. The third-order valence-corrected chi connectivity index (χ3v) is 4.24. The zero-order valence-corrected chi connectivity index (χ0v) is 12.3. The molecule has 0 aromatic heterocycles. The highest BCUT2D eigenvalue weighted by Crippen LogP contribution is 2.31. The van der Waals surface area contributed by atoms with Crippen molar-refractivity contribution >= 4 is 22.9 Å². The van der Waals surface area contributed by atoms with Gasteiger partial charge >= 0.3 is 0 Å². The predicted octanol–water partition coefficient (Wildman–Crippen LogP) is 3.70. The summed E-state index contributed by atoms with van der Waals surface area (Å²) in [5.74, 6) is 1.05. The standard InChI is InChI=1S/C15H21FN2S/c1-9-3-6-14(10(2)7-9)18-11-4-5-12(15(17)19)13(16)8-11/h4-5,8-10,14,18H,3,6-7H2,1-2H3,(H2,17,19). The first-order valence-corrected chi connectivity index (χ1v) is 7.24. The van der Waals surface area contributed by atoms with Crippen molar-refractivity contribution < 1.29 is 4.39 Å². The third-order valence-electron chi connectivity index (χ3n) is 4.02. The maximum atomic E-state index is 13.8. The van der Waals surface area contributed by atoms with E-state index >= 15 is 0 Å². The van der Waals surface area contributed by atoms with Gasteiger partial charge in [0.25, 0.3) is 0 Å². The zero-order chi connectivity index (χ0) is 14.0. The molecule has 1 aliphatic carbocycles. The Bertz CT molecular complexity index is 475. The van der Waals surface area contributed by atoms with Crippen molar-refractivity contribution in [2.24, 2.45) is 17.6 Å². The molecule has 19 heavy (non-hydrogen) atoms. The van der Waals surface area contributed by atoms with Crippen LogP contribution in [-0.2, 0) is 0 Å². The van der Waals surface area contributed by atoms with Crippen LogP contribution in [0.5, 0.6) is 0 Å². The molecule has 1 fully saturated rings. The van der Waals surface area contributed by atoms with Gasteiger partial charge in [-0.2, -0.15) is 0 Å². The number of rotatable bonds is 3. The lowest BCUT2D eigenvalue weighted by Crippen LogP contribution is -2.33. The molecular formula is C15H21FN2S. The summed E-state index contributed by atoms with van der Waals surface area (Å²) in [5, 5.41) is 3.43. The van der Waals surface area contributed by atoms with Gasteiger partial charge in [-0.25, -0.2) is 4.39 Å². The summed E-state index contributed by atoms with van der Waals surface area (Å²) in [6.45, 7) is 4.55. The minimum atomic E-state index is -0.352. The summed E-state index contributed by atoms with van der Waals surface area (Å²) in [5.41, 5.74) is 6.58. The fourth-order valence-electron chi connectivity index (χ4n) is 2.90. The third kappa shape index (κ3) is 3.44. The van der Waals surface area contributed by atoms with E-state index in [0.29, 0.717) is 17.5 Å². The van der Waals surface area contributed by atoms with Gasteiger partial charge in [-0.1, -0.05) is 26.1 Å². The average molecular weight is 280 g/mol. The van der Waals surface area contributed by atoms with Crippen LogP contribution in [0.15, 0.2) is 18.2 Å². The first-order chi connectivity index (χ1) is 8.97. The van der Waals surface area contributed by atoms with Crippen LogP contribution >= 0.6 is 12.2 Å². The van der Waals surface area contributed by atoms with Crippen molar-refractivity contribution in [2.75, 3.05) is 5.32 Å². The summed E-state index contributed by atoms with van der Waals surface area (Å²) in [4.78, 5) is 0.101. The molecule has 0 heterocycles. The first kappa shape index (κ1) is 14.3. The minimum absolute atomic E-state index is 0.101. The summed E-state index contributed by atoms with van der Waals surface area (Å²) in [6.07, 6.45) is 3.60. The number of halogens is 1. The molecule has 3 atom stereocenters. The molecule has 1 aliphatic rings. The van der Waals surface area contributed by atoms with E-state index in [2.05, 4.69) is 19.2 Å². The average Bonchev–Trinajstić information content (AvgIpc) is 2.32. The quantitative estimate of drug-likeness (QED) is 0.829. The molecule has 1 aromatic rings. The second-order valence-corrected chi connectivity index (χ2v) is 6.15. The Hall–Kier alpha value is -1.16. The number of nitrogens with one attached hydrogen (secondary N) is 1. The van der Waals surface area contributed by atoms with Gasteiger partial charge in [0.2, 0.25) is 0 Å². The van der Waals surface area contributed by atoms with Crippen molar-refractivity contribution in [3.63, 3.8) is 0 Å². The molecule has 0 radical (unpaired) electrons. The maximum Gasteiger partial charge on any atom is 0.135 e. The van der Waals surface area contributed by atoms with Crippen LogP contribution in [0.2, 0.25) is 0 Å². The van der Waals surface area contributed by atoms with E-state index in [4.69, 9.17) is 18.0 Å². The predicted molar refractivity (Wildman–Crippen MR) is 81.9 cm³/mol. The number of benzene rings is 1. The van der Waals surface area contributed by atoms with E-state index in [9.17, 15) is 4.39 Å². The Balaban J connectivity index is 2.07. The highest BCUT2D eigenvalue weighted by atomic mass is 32.1. The van der Waals surface area contributed by atoms with Gasteiger partial charge in [-0.05, 0) is 49.3 Å². The lowest BCUT2D eigenvalue weighted by molar-refractivity contribution is 0.276. The molecule has 1 saturated carbocycles. The molecule has 3 unspecified atom stereocenters. The fourth-order valence-corrected chi connectivity index (χ4v) is 3.06. The molecule has 0 aliphatic heterocycles. The monoisotopic (exact) mass is 280 g/mol. The maximum absolute atomic E-state index is 13.8. The molecule has 3 N–H and O–H groups in total. The second kappa shape index (κ2) is 5.87. The van der Waals surface area contributed by atoms with Gasteiger partial charge in [0.15, 0.2) is 0 Å². The lowest BCUT2D eigenvalue weighted by atomic mass is 9.80. The normalized spacial score (nSPS) is 27.0. The van der Waals surface area contributed by atoms with E-state index in [0.717, 1.165) is 18.0 Å². The topological polar surface area (TPSA) is 38.0 Å². The number of hydrogen-bond acceptors (Lipinski definition) is 2. The summed E-state index contributed by atoms with van der Waals surface area (Å²) >= 11 is 4.80. The largest absolute Gasteiger partial charge is 0.389 e. The van der Waals surface area contributed by atoms with Crippen molar-refractivity contribution in [1.29, 1.82) is 0 Å². The van der Waals surface area contributed by atoms with Crippen molar-refractivity contribution in [1.82, 2.24) is 0 Å². The fraction of sp³-hybridized carbons (Fsp3) is 0.533. The highest BCUT2D eigenvalue weighted by Gasteiger charge is 2.25. The van der Waals surface area contributed by atoms with E-state index in [1.807, 2.05) is 6.07 Å². The molecule has 2 rings (SSSR count). The summed E-state index contributed by atoms with van der Waals surface area (Å²) < 4.78 is 13.8. The number of thiocarbonyl (C=S) groups is 1. The van der Waals surface area contributed by atoms with Crippen LogP contribution in [0.25, 0.3) is 0 Å². The van der Waals surface area contributed by atoms with Gasteiger partial charge in [0.05, 0.1) is 0 Å². The Morgan fingerprint density at radius 3 is 2.68 bits per heavy atom. The van der Waals surface area contributed by atoms with Crippen molar-refractivity contribution in [3.05, 3.63) is 29.6 Å². The Labute approximate surface area is 119 Å². The molecule has 1 aromatic carbocycles. The molecule has 4 heteroatoms. The van der Waals surface area contributed by atoms with Gasteiger partial charge < -0.3 is 11.1 Å². The van der Waals surface area contributed by atoms with E-state index in [1.165, 1.54) is 18.9 Å². The van der Waals surface area contributed by atoms with Gasteiger partial charge in [-0.15, -0.1) is 0 Å². The number of nitrogens with two attached hydrogens (primary N) is 1. The molecule has 0 saturated heterocycles. The van der Waals surface area contributed by atoms with Crippen LogP contribution < -0.4 is 11.1 Å². The molecule has 2 nitrogen and oxygen atoms in total. The molecule has 0 amide bonds. The van der Waals surface area contributed by atoms with E-state index in [1.54, 1.807) is 6.07 Å². The van der Waals surface area contributed by atoms with Crippen molar-refractivity contribution in [3.8, 4) is 0 Å². The van der Waals surface area contributed by atoms with Gasteiger partial charge in [0.1, 0.15) is 10.8 Å². The smallest absolute Gasteiger partial charge is 0.135 e. The Morgan fingerprint density at radius 2 is 2.11 bits per heavy atom. The summed E-state index contributed by atoms with van der Waals surface area (Å²) in [6, 6.07) is 5.41. The van der Waals surface area contributed by atoms with Crippen molar-refractivity contribution in [2.45, 2.75) is 39.2 Å². The van der Waals surface area contributed by atoms with Crippen LogP contribution in [0.1, 0.15) is 38.7 Å².